The number of hydrogen-bond donors (Lipinski definition) is 1. The summed E-state index contributed by atoms with van der Waals surface area (Å²) in [5.41, 5.74) is 1.65. The second-order valence-electron chi connectivity index (χ2n) is 6.27. The highest BCUT2D eigenvalue weighted by atomic mass is 35.5. The molecule has 22 heavy (non-hydrogen) atoms. The lowest BCUT2D eigenvalue weighted by molar-refractivity contribution is 0.631. The van der Waals surface area contributed by atoms with Gasteiger partial charge in [0.1, 0.15) is 5.82 Å². The van der Waals surface area contributed by atoms with Crippen molar-refractivity contribution in [1.82, 2.24) is 9.97 Å². The standard InChI is InChI=1S/C18H18ClN3/c1-18(2,3)22-17-13-9-5-7-11-15(13)20-16(21-17)12-8-4-6-10-14(12)19/h4-11H,1-3H3,(H,20,21,22). The first kappa shape index (κ1) is 14.8. The van der Waals surface area contributed by atoms with E-state index in [0.717, 1.165) is 22.3 Å². The van der Waals surface area contributed by atoms with Crippen LogP contribution in [0.5, 0.6) is 0 Å². The lowest BCUT2D eigenvalue weighted by atomic mass is 10.1. The van der Waals surface area contributed by atoms with Crippen molar-refractivity contribution in [3.63, 3.8) is 0 Å². The maximum absolute atomic E-state index is 6.29. The zero-order valence-corrected chi connectivity index (χ0v) is 13.6. The van der Waals surface area contributed by atoms with Crippen molar-refractivity contribution in [1.29, 1.82) is 0 Å². The Bertz CT molecular complexity index is 822. The van der Waals surface area contributed by atoms with Gasteiger partial charge in [0.2, 0.25) is 0 Å². The molecule has 0 bridgehead atoms. The summed E-state index contributed by atoms with van der Waals surface area (Å²) in [6.07, 6.45) is 0. The molecule has 0 saturated heterocycles. The molecule has 1 aromatic heterocycles. The minimum Gasteiger partial charge on any atom is -0.365 e. The fraction of sp³-hybridized carbons (Fsp3) is 0.222. The van der Waals surface area contributed by atoms with Gasteiger partial charge in [0, 0.05) is 16.5 Å². The number of nitrogens with zero attached hydrogens (tertiary/aromatic N) is 2. The first-order valence-electron chi connectivity index (χ1n) is 7.24. The predicted molar refractivity (Wildman–Crippen MR) is 93.4 cm³/mol. The van der Waals surface area contributed by atoms with E-state index in [4.69, 9.17) is 16.6 Å². The fourth-order valence-corrected chi connectivity index (χ4v) is 2.51. The Morgan fingerprint density at radius 1 is 0.909 bits per heavy atom. The monoisotopic (exact) mass is 311 g/mol. The van der Waals surface area contributed by atoms with Crippen molar-refractivity contribution in [2.75, 3.05) is 5.32 Å². The molecular formula is C18H18ClN3. The van der Waals surface area contributed by atoms with E-state index in [-0.39, 0.29) is 5.54 Å². The highest BCUT2D eigenvalue weighted by molar-refractivity contribution is 6.33. The third-order valence-electron chi connectivity index (χ3n) is 3.21. The number of halogens is 1. The maximum Gasteiger partial charge on any atom is 0.163 e. The van der Waals surface area contributed by atoms with E-state index in [0.29, 0.717) is 10.8 Å². The van der Waals surface area contributed by atoms with Gasteiger partial charge in [0.05, 0.1) is 10.5 Å². The van der Waals surface area contributed by atoms with Crippen LogP contribution in [0.25, 0.3) is 22.3 Å². The molecule has 0 amide bonds. The van der Waals surface area contributed by atoms with Crippen molar-refractivity contribution in [2.24, 2.45) is 0 Å². The summed E-state index contributed by atoms with van der Waals surface area (Å²) in [6, 6.07) is 15.6. The largest absolute Gasteiger partial charge is 0.365 e. The van der Waals surface area contributed by atoms with Crippen molar-refractivity contribution in [3.05, 3.63) is 53.6 Å². The highest BCUT2D eigenvalue weighted by Crippen LogP contribution is 2.30. The molecule has 1 N–H and O–H groups in total. The van der Waals surface area contributed by atoms with Gasteiger partial charge in [-0.05, 0) is 45.0 Å². The summed E-state index contributed by atoms with van der Waals surface area (Å²) < 4.78 is 0. The van der Waals surface area contributed by atoms with E-state index in [1.165, 1.54) is 0 Å². The van der Waals surface area contributed by atoms with Gasteiger partial charge in [-0.1, -0.05) is 35.9 Å². The average Bonchev–Trinajstić information content (AvgIpc) is 2.46. The maximum atomic E-state index is 6.29. The van der Waals surface area contributed by atoms with Crippen LogP contribution in [0.3, 0.4) is 0 Å². The highest BCUT2D eigenvalue weighted by Gasteiger charge is 2.16. The number of para-hydroxylation sites is 1. The molecule has 0 saturated carbocycles. The van der Waals surface area contributed by atoms with E-state index in [9.17, 15) is 0 Å². The van der Waals surface area contributed by atoms with Crippen molar-refractivity contribution in [3.8, 4) is 11.4 Å². The number of hydrogen-bond acceptors (Lipinski definition) is 3. The SMILES string of the molecule is CC(C)(C)Nc1nc(-c2ccccc2Cl)nc2ccccc12. The molecule has 4 heteroatoms. The van der Waals surface area contributed by atoms with Crippen molar-refractivity contribution < 1.29 is 0 Å². The third kappa shape index (κ3) is 3.04. The Kier molecular flexibility index (Phi) is 3.75. The summed E-state index contributed by atoms with van der Waals surface area (Å²) in [5, 5.41) is 5.12. The van der Waals surface area contributed by atoms with E-state index in [2.05, 4.69) is 31.1 Å². The number of rotatable bonds is 2. The molecule has 0 unspecified atom stereocenters. The summed E-state index contributed by atoms with van der Waals surface area (Å²) >= 11 is 6.29. The van der Waals surface area contributed by atoms with Gasteiger partial charge in [-0.3, -0.25) is 0 Å². The molecular weight excluding hydrogens is 294 g/mol. The van der Waals surface area contributed by atoms with Gasteiger partial charge in [-0.15, -0.1) is 0 Å². The molecule has 0 aliphatic carbocycles. The Morgan fingerprint density at radius 2 is 1.59 bits per heavy atom. The number of benzene rings is 2. The Hall–Kier alpha value is -2.13. The normalized spacial score (nSPS) is 11.6. The zero-order chi connectivity index (χ0) is 15.7. The average molecular weight is 312 g/mol. The van der Waals surface area contributed by atoms with Gasteiger partial charge < -0.3 is 5.32 Å². The van der Waals surface area contributed by atoms with Crippen molar-refractivity contribution in [2.45, 2.75) is 26.3 Å². The van der Waals surface area contributed by atoms with Gasteiger partial charge in [0.15, 0.2) is 5.82 Å². The molecule has 0 atom stereocenters. The molecule has 0 spiro atoms. The quantitative estimate of drug-likeness (QED) is 0.710. The van der Waals surface area contributed by atoms with Crippen LogP contribution in [0.2, 0.25) is 5.02 Å². The van der Waals surface area contributed by atoms with Gasteiger partial charge in [0.25, 0.3) is 0 Å². The molecule has 3 rings (SSSR count). The third-order valence-corrected chi connectivity index (χ3v) is 3.54. The lowest BCUT2D eigenvalue weighted by Gasteiger charge is -2.22. The topological polar surface area (TPSA) is 37.8 Å². The van der Waals surface area contributed by atoms with Crippen LogP contribution in [-0.2, 0) is 0 Å². The number of aromatic nitrogens is 2. The molecule has 0 radical (unpaired) electrons. The molecule has 112 valence electrons. The van der Waals surface area contributed by atoms with E-state index in [1.807, 2.05) is 48.5 Å². The molecule has 3 aromatic rings. The summed E-state index contributed by atoms with van der Waals surface area (Å²) in [7, 11) is 0. The lowest BCUT2D eigenvalue weighted by Crippen LogP contribution is -2.27. The summed E-state index contributed by atoms with van der Waals surface area (Å²) in [4.78, 5) is 9.37. The van der Waals surface area contributed by atoms with Gasteiger partial charge in [-0.25, -0.2) is 9.97 Å². The molecule has 3 nitrogen and oxygen atoms in total. The minimum atomic E-state index is -0.0884. The van der Waals surface area contributed by atoms with Gasteiger partial charge in [-0.2, -0.15) is 0 Å². The van der Waals surface area contributed by atoms with Crippen LogP contribution in [0.15, 0.2) is 48.5 Å². The van der Waals surface area contributed by atoms with E-state index < -0.39 is 0 Å². The number of nitrogens with one attached hydrogen (secondary N) is 1. The van der Waals surface area contributed by atoms with Crippen LogP contribution in [0.4, 0.5) is 5.82 Å². The first-order valence-corrected chi connectivity index (χ1v) is 7.62. The number of anilines is 1. The minimum absolute atomic E-state index is 0.0884. The van der Waals surface area contributed by atoms with Crippen LogP contribution >= 0.6 is 11.6 Å². The summed E-state index contributed by atoms with van der Waals surface area (Å²) in [6.45, 7) is 6.33. The Labute approximate surface area is 135 Å². The number of fused-ring (bicyclic) bond motifs is 1. The zero-order valence-electron chi connectivity index (χ0n) is 12.9. The van der Waals surface area contributed by atoms with Crippen LogP contribution in [-0.4, -0.2) is 15.5 Å². The molecule has 2 aromatic carbocycles. The van der Waals surface area contributed by atoms with Crippen LogP contribution < -0.4 is 5.32 Å². The second kappa shape index (κ2) is 5.58. The smallest absolute Gasteiger partial charge is 0.163 e. The molecule has 0 aliphatic heterocycles. The summed E-state index contributed by atoms with van der Waals surface area (Å²) in [5.74, 6) is 1.46. The van der Waals surface area contributed by atoms with Crippen LogP contribution in [0.1, 0.15) is 20.8 Å². The first-order chi connectivity index (χ1) is 10.4. The predicted octanol–water partition coefficient (Wildman–Crippen LogP) is 5.16. The van der Waals surface area contributed by atoms with Crippen LogP contribution in [0, 0.1) is 0 Å². The molecule has 0 aliphatic rings. The Morgan fingerprint density at radius 3 is 2.32 bits per heavy atom. The van der Waals surface area contributed by atoms with Crippen molar-refractivity contribution >= 4 is 28.3 Å². The second-order valence-corrected chi connectivity index (χ2v) is 6.68. The fourth-order valence-electron chi connectivity index (χ4n) is 2.29. The molecule has 0 fully saturated rings. The molecule has 1 heterocycles. The van der Waals surface area contributed by atoms with E-state index in [1.54, 1.807) is 0 Å². The van der Waals surface area contributed by atoms with E-state index >= 15 is 0 Å². The van der Waals surface area contributed by atoms with Gasteiger partial charge >= 0.3 is 0 Å². The Balaban J connectivity index is 2.23.